The molecule has 2 rings (SSSR count). The van der Waals surface area contributed by atoms with Gasteiger partial charge in [-0.25, -0.2) is 4.39 Å². The first kappa shape index (κ1) is 13.7. The highest BCUT2D eigenvalue weighted by atomic mass is 127. The maximum Gasteiger partial charge on any atom is 0.249 e. The van der Waals surface area contributed by atoms with E-state index in [1.807, 2.05) is 22.6 Å². The van der Waals surface area contributed by atoms with Crippen LogP contribution in [0, 0.1) is 14.6 Å². The number of pyridine rings is 1. The van der Waals surface area contributed by atoms with Gasteiger partial charge < -0.3 is 10.9 Å². The number of aromatic nitrogens is 1. The number of hydrogen-bond donors (Lipinski definition) is 1. The van der Waals surface area contributed by atoms with Crippen LogP contribution in [0.3, 0.4) is 0 Å². The van der Waals surface area contributed by atoms with Crippen LogP contribution in [0.1, 0.15) is 21.5 Å². The van der Waals surface area contributed by atoms with Gasteiger partial charge in [-0.15, -0.1) is 0 Å². The minimum atomic E-state index is -0.637. The van der Waals surface area contributed by atoms with Gasteiger partial charge in [-0.05, 0) is 40.3 Å². The smallest absolute Gasteiger partial charge is 0.249 e. The average Bonchev–Trinajstić information content (AvgIpc) is 2.32. The van der Waals surface area contributed by atoms with Gasteiger partial charge in [0.05, 0.1) is 5.56 Å². The number of benzene rings is 1. The summed E-state index contributed by atoms with van der Waals surface area (Å²) in [6, 6.07) is 6.13. The summed E-state index contributed by atoms with van der Waals surface area (Å²) in [7, 11) is 0. The lowest BCUT2D eigenvalue weighted by Gasteiger charge is -2.07. The van der Waals surface area contributed by atoms with Crippen molar-refractivity contribution in [3.63, 3.8) is 0 Å². The van der Waals surface area contributed by atoms with Crippen molar-refractivity contribution < 1.29 is 13.9 Å². The Morgan fingerprint density at radius 3 is 2.74 bits per heavy atom. The summed E-state index contributed by atoms with van der Waals surface area (Å²) in [4.78, 5) is 11.3. The number of amides is 1. The van der Waals surface area contributed by atoms with E-state index < -0.39 is 5.91 Å². The first-order valence-corrected chi connectivity index (χ1v) is 6.50. The van der Waals surface area contributed by atoms with Crippen LogP contribution >= 0.6 is 22.6 Å². The molecule has 0 bridgehead atoms. The van der Waals surface area contributed by atoms with Gasteiger partial charge in [-0.3, -0.25) is 4.79 Å². The Morgan fingerprint density at radius 1 is 1.37 bits per heavy atom. The van der Waals surface area contributed by atoms with Crippen molar-refractivity contribution >= 4 is 28.5 Å². The number of rotatable bonds is 3. The fraction of sp³-hybridized carbons (Fsp3) is 0.0769. The minimum Gasteiger partial charge on any atom is -0.619 e. The minimum absolute atomic E-state index is 0.143. The van der Waals surface area contributed by atoms with Crippen molar-refractivity contribution in [1.29, 1.82) is 0 Å². The summed E-state index contributed by atoms with van der Waals surface area (Å²) in [5.74, 6) is -1.01. The molecule has 6 heteroatoms. The predicted octanol–water partition coefficient (Wildman–Crippen LogP) is 1.75. The topological polar surface area (TPSA) is 70.0 Å². The van der Waals surface area contributed by atoms with E-state index in [1.54, 1.807) is 12.1 Å². The molecular formula is C13H10FIN2O2. The molecule has 1 aromatic heterocycles. The first-order chi connectivity index (χ1) is 8.97. The number of halogens is 2. The highest BCUT2D eigenvalue weighted by molar-refractivity contribution is 14.1. The third kappa shape index (κ3) is 3.19. The Balaban J connectivity index is 2.42. The van der Waals surface area contributed by atoms with Gasteiger partial charge >= 0.3 is 0 Å². The van der Waals surface area contributed by atoms with Gasteiger partial charge in [-0.2, -0.15) is 4.73 Å². The molecule has 1 amide bonds. The molecule has 2 N–H and O–H groups in total. The number of nitrogens with two attached hydrogens (primary N) is 1. The molecule has 0 unspecified atom stereocenters. The third-order valence-electron chi connectivity index (χ3n) is 2.68. The molecule has 0 aliphatic heterocycles. The van der Waals surface area contributed by atoms with Crippen LogP contribution < -0.4 is 10.5 Å². The van der Waals surface area contributed by atoms with Crippen LogP contribution in [0.4, 0.5) is 4.39 Å². The van der Waals surface area contributed by atoms with Crippen molar-refractivity contribution in [1.82, 2.24) is 0 Å². The third-order valence-corrected chi connectivity index (χ3v) is 3.35. The fourth-order valence-electron chi connectivity index (χ4n) is 1.77. The molecule has 0 radical (unpaired) electrons. The second-order valence-electron chi connectivity index (χ2n) is 4.02. The number of carbonyl (C=O) groups is 1. The number of hydrogen-bond acceptors (Lipinski definition) is 2. The van der Waals surface area contributed by atoms with Crippen molar-refractivity contribution in [2.75, 3.05) is 0 Å². The maximum atomic E-state index is 13.8. The van der Waals surface area contributed by atoms with Crippen LogP contribution in [0.25, 0.3) is 0 Å². The Hall–Kier alpha value is -1.70. The van der Waals surface area contributed by atoms with Crippen LogP contribution in [-0.4, -0.2) is 5.91 Å². The molecule has 2 aromatic rings. The lowest BCUT2D eigenvalue weighted by molar-refractivity contribution is -0.605. The normalized spacial score (nSPS) is 10.4. The van der Waals surface area contributed by atoms with Crippen molar-refractivity contribution in [2.24, 2.45) is 5.73 Å². The molecule has 19 heavy (non-hydrogen) atoms. The Bertz CT molecular complexity index is 647. The molecule has 4 nitrogen and oxygen atoms in total. The number of nitrogens with zero attached hydrogens (tertiary/aromatic N) is 1. The molecule has 0 aliphatic carbocycles. The predicted molar refractivity (Wildman–Crippen MR) is 75.8 cm³/mol. The molecule has 0 saturated carbocycles. The van der Waals surface area contributed by atoms with Crippen molar-refractivity contribution in [3.05, 3.63) is 67.9 Å². The molecule has 0 fully saturated rings. The second kappa shape index (κ2) is 5.52. The van der Waals surface area contributed by atoms with Gasteiger partial charge in [0, 0.05) is 21.6 Å². The van der Waals surface area contributed by atoms with Gasteiger partial charge in [0.25, 0.3) is 0 Å². The molecule has 0 spiro atoms. The standard InChI is InChI=1S/C13H10FIN2O2/c14-12-6-10(15)2-1-8(12)5-9-7-17(19)4-3-11(9)13(16)18/h1-4,6-7H,5H2,(H2,16,18). The lowest BCUT2D eigenvalue weighted by Crippen LogP contribution is -2.28. The van der Waals surface area contributed by atoms with Gasteiger partial charge in [-0.1, -0.05) is 6.07 Å². The van der Waals surface area contributed by atoms with E-state index in [0.717, 1.165) is 3.57 Å². The summed E-state index contributed by atoms with van der Waals surface area (Å²) in [5.41, 5.74) is 6.28. The summed E-state index contributed by atoms with van der Waals surface area (Å²) in [6.07, 6.45) is 2.56. The zero-order valence-corrected chi connectivity index (χ0v) is 11.9. The summed E-state index contributed by atoms with van der Waals surface area (Å²) < 4.78 is 15.1. The lowest BCUT2D eigenvalue weighted by atomic mass is 10.0. The largest absolute Gasteiger partial charge is 0.619 e. The van der Waals surface area contributed by atoms with Gasteiger partial charge in [0.15, 0.2) is 12.4 Å². The van der Waals surface area contributed by atoms with Crippen LogP contribution in [0.15, 0.2) is 36.7 Å². The van der Waals surface area contributed by atoms with E-state index in [4.69, 9.17) is 5.73 Å². The zero-order valence-electron chi connectivity index (χ0n) is 9.77. The van der Waals surface area contributed by atoms with E-state index in [9.17, 15) is 14.4 Å². The SMILES string of the molecule is NC(=O)c1cc[n+]([O-])cc1Cc1ccc(I)cc1F. The summed E-state index contributed by atoms with van der Waals surface area (Å²) >= 11 is 2.01. The average molecular weight is 372 g/mol. The molecule has 1 aromatic carbocycles. The van der Waals surface area contributed by atoms with Crippen LogP contribution in [0.2, 0.25) is 0 Å². The maximum absolute atomic E-state index is 13.8. The Labute approximate surface area is 122 Å². The molecule has 0 aliphatic rings. The Kier molecular flexibility index (Phi) is 3.98. The van der Waals surface area contributed by atoms with Crippen LogP contribution in [0.5, 0.6) is 0 Å². The van der Waals surface area contributed by atoms with E-state index >= 15 is 0 Å². The molecule has 0 atom stereocenters. The first-order valence-electron chi connectivity index (χ1n) is 5.43. The van der Waals surface area contributed by atoms with Crippen molar-refractivity contribution in [3.8, 4) is 0 Å². The van der Waals surface area contributed by atoms with Crippen molar-refractivity contribution in [2.45, 2.75) is 6.42 Å². The van der Waals surface area contributed by atoms with E-state index in [1.165, 1.54) is 24.5 Å². The Morgan fingerprint density at radius 2 is 2.11 bits per heavy atom. The number of carbonyl (C=O) groups excluding carboxylic acids is 1. The van der Waals surface area contributed by atoms with E-state index in [0.29, 0.717) is 15.9 Å². The monoisotopic (exact) mass is 372 g/mol. The van der Waals surface area contributed by atoms with Gasteiger partial charge in [0.2, 0.25) is 5.91 Å². The van der Waals surface area contributed by atoms with Crippen LogP contribution in [-0.2, 0) is 6.42 Å². The zero-order chi connectivity index (χ0) is 14.0. The number of primary amides is 1. The highest BCUT2D eigenvalue weighted by Gasteiger charge is 2.14. The second-order valence-corrected chi connectivity index (χ2v) is 5.27. The fourth-order valence-corrected chi connectivity index (χ4v) is 2.23. The van der Waals surface area contributed by atoms with E-state index in [2.05, 4.69) is 0 Å². The summed E-state index contributed by atoms with van der Waals surface area (Å²) in [5, 5.41) is 11.3. The molecule has 98 valence electrons. The molecule has 1 heterocycles. The quantitative estimate of drug-likeness (QED) is 0.507. The summed E-state index contributed by atoms with van der Waals surface area (Å²) in [6.45, 7) is 0. The molecule has 0 saturated heterocycles. The van der Waals surface area contributed by atoms with Gasteiger partial charge in [0.1, 0.15) is 5.82 Å². The highest BCUT2D eigenvalue weighted by Crippen LogP contribution is 2.17. The van der Waals surface area contributed by atoms with E-state index in [-0.39, 0.29) is 17.8 Å². The molecular weight excluding hydrogens is 362 g/mol.